The van der Waals surface area contributed by atoms with Crippen molar-refractivity contribution in [2.75, 3.05) is 12.8 Å². The van der Waals surface area contributed by atoms with Crippen molar-refractivity contribution in [1.82, 2.24) is 14.6 Å². The van der Waals surface area contributed by atoms with Gasteiger partial charge in [0.05, 0.1) is 7.11 Å². The average Bonchev–Trinajstić information content (AvgIpc) is 2.90. The van der Waals surface area contributed by atoms with Crippen LogP contribution in [0.3, 0.4) is 0 Å². The molecule has 3 aromatic rings. The van der Waals surface area contributed by atoms with Crippen LogP contribution in [0.4, 0.5) is 23.5 Å². The van der Waals surface area contributed by atoms with Crippen LogP contribution in [0.2, 0.25) is 0 Å². The number of hydrogen-bond donors (Lipinski definition) is 1. The molecule has 126 valence electrons. The van der Waals surface area contributed by atoms with E-state index in [1.807, 2.05) is 0 Å². The second kappa shape index (κ2) is 5.55. The molecule has 6 nitrogen and oxygen atoms in total. The zero-order valence-electron chi connectivity index (χ0n) is 12.1. The number of anilines is 1. The molecule has 0 saturated carbocycles. The van der Waals surface area contributed by atoms with E-state index in [0.29, 0.717) is 0 Å². The first-order valence-corrected chi connectivity index (χ1v) is 6.53. The van der Waals surface area contributed by atoms with E-state index in [1.165, 1.54) is 29.8 Å². The van der Waals surface area contributed by atoms with E-state index in [4.69, 9.17) is 10.5 Å². The van der Waals surface area contributed by atoms with Crippen LogP contribution in [-0.4, -0.2) is 28.1 Å². The highest BCUT2D eigenvalue weighted by Crippen LogP contribution is 2.38. The van der Waals surface area contributed by atoms with Crippen LogP contribution in [0, 0.1) is 5.82 Å². The number of nitrogens with zero attached hydrogens (tertiary/aromatic N) is 3. The fourth-order valence-electron chi connectivity index (χ4n) is 2.24. The molecule has 24 heavy (non-hydrogen) atoms. The van der Waals surface area contributed by atoms with Gasteiger partial charge in [-0.1, -0.05) is 0 Å². The smallest absolute Gasteiger partial charge is 0.497 e. The number of rotatable bonds is 3. The number of ether oxygens (including phenoxy) is 2. The summed E-state index contributed by atoms with van der Waals surface area (Å²) in [7, 11) is 1.29. The van der Waals surface area contributed by atoms with Gasteiger partial charge < -0.3 is 15.2 Å². The minimum atomic E-state index is -4.95. The topological polar surface area (TPSA) is 74.7 Å². The van der Waals surface area contributed by atoms with E-state index in [9.17, 15) is 17.6 Å². The van der Waals surface area contributed by atoms with Gasteiger partial charge in [0.25, 0.3) is 0 Å². The quantitative estimate of drug-likeness (QED) is 0.741. The molecule has 0 bridgehead atoms. The number of nitrogens with two attached hydrogens (primary N) is 1. The molecule has 3 rings (SSSR count). The number of hydrogen-bond acceptors (Lipinski definition) is 5. The van der Waals surface area contributed by atoms with Gasteiger partial charge in [-0.05, 0) is 18.2 Å². The van der Waals surface area contributed by atoms with Crippen LogP contribution < -0.4 is 15.2 Å². The van der Waals surface area contributed by atoms with Crippen LogP contribution >= 0.6 is 0 Å². The third-order valence-corrected chi connectivity index (χ3v) is 3.23. The fourth-order valence-corrected chi connectivity index (χ4v) is 2.24. The van der Waals surface area contributed by atoms with Crippen LogP contribution in [0.25, 0.3) is 16.8 Å². The molecule has 2 N–H and O–H groups in total. The molecule has 2 aromatic heterocycles. The van der Waals surface area contributed by atoms with Gasteiger partial charge in [0.15, 0.2) is 5.82 Å². The van der Waals surface area contributed by atoms with Crippen molar-refractivity contribution < 1.29 is 27.0 Å². The Kier molecular flexibility index (Phi) is 3.66. The van der Waals surface area contributed by atoms with Gasteiger partial charge in [-0.3, -0.25) is 4.40 Å². The van der Waals surface area contributed by atoms with E-state index >= 15 is 0 Å². The van der Waals surface area contributed by atoms with E-state index in [0.717, 1.165) is 12.1 Å². The molecule has 1 aromatic carbocycles. The monoisotopic (exact) mass is 342 g/mol. The summed E-state index contributed by atoms with van der Waals surface area (Å²) in [5, 5.41) is 7.37. The average molecular weight is 342 g/mol. The third kappa shape index (κ3) is 2.77. The van der Waals surface area contributed by atoms with Crippen molar-refractivity contribution in [2.24, 2.45) is 0 Å². The van der Waals surface area contributed by atoms with Gasteiger partial charge in [-0.2, -0.15) is 0 Å². The molecule has 0 fully saturated rings. The van der Waals surface area contributed by atoms with Crippen molar-refractivity contribution in [3.05, 3.63) is 36.3 Å². The molecular formula is C14H10F4N4O2. The number of fused-ring (bicyclic) bond motifs is 1. The standard InChI is InChI=1S/C14H10F4N4O2/c1-23-7-2-3-8(10(6-7)24-14(16,17)18)11-12-9(15)4-5-22(12)13(19)21-20-11/h2-6H,1H3,(H2,19,21). The Morgan fingerprint density at radius 1 is 1.17 bits per heavy atom. The normalized spacial score (nSPS) is 11.7. The lowest BCUT2D eigenvalue weighted by Crippen LogP contribution is -2.18. The molecular weight excluding hydrogens is 332 g/mol. The Balaban J connectivity index is 2.26. The molecule has 0 aliphatic carbocycles. The van der Waals surface area contributed by atoms with Gasteiger partial charge in [0.2, 0.25) is 5.95 Å². The minimum Gasteiger partial charge on any atom is -0.497 e. The molecule has 0 radical (unpaired) electrons. The molecule has 0 aliphatic rings. The summed E-state index contributed by atoms with van der Waals surface area (Å²) in [5.74, 6) is -1.28. The zero-order valence-corrected chi connectivity index (χ0v) is 12.1. The second-order valence-corrected chi connectivity index (χ2v) is 4.70. The van der Waals surface area contributed by atoms with E-state index < -0.39 is 17.9 Å². The lowest BCUT2D eigenvalue weighted by atomic mass is 10.1. The van der Waals surface area contributed by atoms with Gasteiger partial charge in [-0.25, -0.2) is 4.39 Å². The maximum absolute atomic E-state index is 14.1. The van der Waals surface area contributed by atoms with Crippen LogP contribution in [0.1, 0.15) is 0 Å². The van der Waals surface area contributed by atoms with E-state index in [-0.39, 0.29) is 28.5 Å². The van der Waals surface area contributed by atoms with Gasteiger partial charge in [0.1, 0.15) is 22.7 Å². The SMILES string of the molecule is COc1ccc(-c2nnc(N)n3ccc(F)c23)c(OC(F)(F)F)c1. The Bertz CT molecular complexity index is 908. The van der Waals surface area contributed by atoms with Crippen LogP contribution in [0.15, 0.2) is 30.5 Å². The highest BCUT2D eigenvalue weighted by atomic mass is 19.4. The second-order valence-electron chi connectivity index (χ2n) is 4.70. The molecule has 0 spiro atoms. The Morgan fingerprint density at radius 3 is 2.58 bits per heavy atom. The van der Waals surface area contributed by atoms with Crippen molar-refractivity contribution in [2.45, 2.75) is 6.36 Å². The number of benzene rings is 1. The number of methoxy groups -OCH3 is 1. The first kappa shape index (κ1) is 15.8. The Hall–Kier alpha value is -3.04. The van der Waals surface area contributed by atoms with Crippen LogP contribution in [-0.2, 0) is 0 Å². The number of alkyl halides is 3. The molecule has 10 heteroatoms. The summed E-state index contributed by atoms with van der Waals surface area (Å²) in [6, 6.07) is 4.80. The summed E-state index contributed by atoms with van der Waals surface area (Å²) in [6.45, 7) is 0. The predicted molar refractivity (Wildman–Crippen MR) is 76.0 cm³/mol. The summed E-state index contributed by atoms with van der Waals surface area (Å²) in [6.07, 6.45) is -3.65. The number of aromatic nitrogens is 3. The molecule has 0 unspecified atom stereocenters. The first-order chi connectivity index (χ1) is 11.3. The van der Waals surface area contributed by atoms with E-state index in [2.05, 4.69) is 14.9 Å². The summed E-state index contributed by atoms with van der Waals surface area (Å²) in [5.41, 5.74) is 5.23. The predicted octanol–water partition coefficient (Wildman–Crippen LogP) is 3.02. The number of halogens is 4. The first-order valence-electron chi connectivity index (χ1n) is 6.53. The maximum atomic E-state index is 14.1. The fraction of sp³-hybridized carbons (Fsp3) is 0.143. The van der Waals surface area contributed by atoms with Gasteiger partial charge in [-0.15, -0.1) is 23.4 Å². The molecule has 0 saturated heterocycles. The molecule has 0 amide bonds. The lowest BCUT2D eigenvalue weighted by molar-refractivity contribution is -0.274. The van der Waals surface area contributed by atoms with Crippen LogP contribution in [0.5, 0.6) is 11.5 Å². The Labute approximate surface area is 132 Å². The van der Waals surface area contributed by atoms with Gasteiger partial charge >= 0.3 is 6.36 Å². The van der Waals surface area contributed by atoms with Crippen molar-refractivity contribution in [1.29, 1.82) is 0 Å². The largest absolute Gasteiger partial charge is 0.573 e. The molecule has 0 atom stereocenters. The van der Waals surface area contributed by atoms with Gasteiger partial charge in [0, 0.05) is 17.8 Å². The highest BCUT2D eigenvalue weighted by Gasteiger charge is 2.33. The zero-order chi connectivity index (χ0) is 17.5. The van der Waals surface area contributed by atoms with E-state index in [1.54, 1.807) is 0 Å². The third-order valence-electron chi connectivity index (χ3n) is 3.23. The highest BCUT2D eigenvalue weighted by molar-refractivity contribution is 5.82. The lowest BCUT2D eigenvalue weighted by Gasteiger charge is -2.15. The van der Waals surface area contributed by atoms with Crippen molar-refractivity contribution in [3.8, 4) is 22.8 Å². The summed E-state index contributed by atoms with van der Waals surface area (Å²) < 4.78 is 62.2. The number of nitrogen functional groups attached to an aromatic ring is 1. The summed E-state index contributed by atoms with van der Waals surface area (Å²) in [4.78, 5) is 0. The van der Waals surface area contributed by atoms with Crippen molar-refractivity contribution in [3.63, 3.8) is 0 Å². The minimum absolute atomic E-state index is 0.107. The molecule has 2 heterocycles. The maximum Gasteiger partial charge on any atom is 0.573 e. The van der Waals surface area contributed by atoms with Crippen molar-refractivity contribution >= 4 is 11.5 Å². The summed E-state index contributed by atoms with van der Waals surface area (Å²) >= 11 is 0. The molecule has 0 aliphatic heterocycles. The Morgan fingerprint density at radius 2 is 1.92 bits per heavy atom.